The summed E-state index contributed by atoms with van der Waals surface area (Å²) in [6.07, 6.45) is -9.12. The molecule has 0 spiro atoms. The number of aliphatic hydroxyl groups excluding tert-OH is 5. The second kappa shape index (κ2) is 7.54. The van der Waals surface area contributed by atoms with Crippen molar-refractivity contribution in [2.45, 2.75) is 49.1 Å². The van der Waals surface area contributed by atoms with Gasteiger partial charge in [0.1, 0.15) is 36.6 Å². The lowest BCUT2D eigenvalue weighted by Crippen LogP contribution is -2.38. The number of H-pyrrole nitrogens is 1. The van der Waals surface area contributed by atoms with Crippen molar-refractivity contribution in [1.82, 2.24) is 9.55 Å². The van der Waals surface area contributed by atoms with Gasteiger partial charge in [0.05, 0.1) is 13.2 Å². The molecule has 2 aliphatic rings. The number of aliphatic hydroxyl groups is 5. The van der Waals surface area contributed by atoms with E-state index in [9.17, 15) is 30.0 Å². The van der Waals surface area contributed by atoms with E-state index in [1.807, 2.05) is 4.98 Å². The number of hydrogen-bond donors (Lipinski definition) is 6. The zero-order valence-electron chi connectivity index (χ0n) is 13.4. The third kappa shape index (κ3) is 3.45. The number of aromatic amines is 1. The van der Waals surface area contributed by atoms with E-state index in [0.29, 0.717) is 0 Å². The van der Waals surface area contributed by atoms with E-state index in [1.165, 1.54) is 0 Å². The fraction of sp³-hybridized carbons (Fsp3) is 0.714. The lowest BCUT2D eigenvalue weighted by molar-refractivity contribution is -0.190. The Balaban J connectivity index is 1.65. The van der Waals surface area contributed by atoms with Gasteiger partial charge in [-0.05, 0) is 0 Å². The van der Waals surface area contributed by atoms with Gasteiger partial charge < -0.3 is 39.7 Å². The van der Waals surface area contributed by atoms with Crippen molar-refractivity contribution in [3.05, 3.63) is 33.1 Å². The summed E-state index contributed by atoms with van der Waals surface area (Å²) < 4.78 is 16.8. The highest BCUT2D eigenvalue weighted by molar-refractivity contribution is 4.93. The van der Waals surface area contributed by atoms with Crippen LogP contribution in [0.15, 0.2) is 21.9 Å². The molecule has 146 valence electrons. The molecule has 3 heterocycles. The fourth-order valence-corrected chi connectivity index (χ4v) is 2.92. The highest BCUT2D eigenvalue weighted by atomic mass is 16.7. The number of ether oxygens (including phenoxy) is 3. The van der Waals surface area contributed by atoms with Crippen LogP contribution < -0.4 is 11.2 Å². The Kier molecular flexibility index (Phi) is 5.55. The van der Waals surface area contributed by atoms with Crippen LogP contribution in [0.5, 0.6) is 0 Å². The van der Waals surface area contributed by atoms with Gasteiger partial charge in [-0.15, -0.1) is 0 Å². The van der Waals surface area contributed by atoms with Crippen LogP contribution in [0, 0.1) is 0 Å². The van der Waals surface area contributed by atoms with Crippen molar-refractivity contribution >= 4 is 0 Å². The van der Waals surface area contributed by atoms with Gasteiger partial charge in [-0.3, -0.25) is 14.3 Å². The fourth-order valence-electron chi connectivity index (χ4n) is 2.92. The SMILES string of the molecule is O=c1ccn([C@@H]2O[C@H](COC3O[C@H](CO)[C@@H](O)[C@@H]3O)[C@@H](O)[C@H]2O)c(=O)[nH]1. The normalized spacial score (nSPS) is 40.2. The summed E-state index contributed by atoms with van der Waals surface area (Å²) in [5.41, 5.74) is -1.44. The Morgan fingerprint density at radius 3 is 2.35 bits per heavy atom. The summed E-state index contributed by atoms with van der Waals surface area (Å²) in [6, 6.07) is 1.06. The summed E-state index contributed by atoms with van der Waals surface area (Å²) in [6.45, 7) is -0.851. The monoisotopic (exact) mass is 376 g/mol. The van der Waals surface area contributed by atoms with Gasteiger partial charge in [0.15, 0.2) is 12.5 Å². The van der Waals surface area contributed by atoms with Gasteiger partial charge in [-0.2, -0.15) is 0 Å². The molecule has 0 amide bonds. The van der Waals surface area contributed by atoms with Crippen molar-refractivity contribution in [3.63, 3.8) is 0 Å². The second-order valence-electron chi connectivity index (χ2n) is 6.10. The van der Waals surface area contributed by atoms with Crippen LogP contribution >= 0.6 is 0 Å². The van der Waals surface area contributed by atoms with Gasteiger partial charge >= 0.3 is 5.69 Å². The summed E-state index contributed by atoms with van der Waals surface area (Å²) >= 11 is 0. The van der Waals surface area contributed by atoms with Crippen LogP contribution in [0.2, 0.25) is 0 Å². The molecule has 0 radical (unpaired) electrons. The summed E-state index contributed by atoms with van der Waals surface area (Å²) in [4.78, 5) is 24.9. The molecule has 1 aromatic rings. The molecular weight excluding hydrogens is 356 g/mol. The summed E-state index contributed by atoms with van der Waals surface area (Å²) in [5, 5.41) is 48.7. The molecule has 2 saturated heterocycles. The molecule has 0 aromatic carbocycles. The van der Waals surface area contributed by atoms with Gasteiger partial charge in [0.25, 0.3) is 5.56 Å². The minimum absolute atomic E-state index is 0.334. The highest BCUT2D eigenvalue weighted by Gasteiger charge is 2.47. The topological polar surface area (TPSA) is 184 Å². The highest BCUT2D eigenvalue weighted by Crippen LogP contribution is 2.29. The largest absolute Gasteiger partial charge is 0.394 e. The lowest BCUT2D eigenvalue weighted by Gasteiger charge is -2.20. The van der Waals surface area contributed by atoms with Crippen molar-refractivity contribution < 1.29 is 39.7 Å². The molecule has 1 aromatic heterocycles. The van der Waals surface area contributed by atoms with Gasteiger partial charge in [-0.1, -0.05) is 0 Å². The predicted molar refractivity (Wildman–Crippen MR) is 81.0 cm³/mol. The van der Waals surface area contributed by atoms with E-state index in [-0.39, 0.29) is 6.61 Å². The number of nitrogens with one attached hydrogen (secondary N) is 1. The van der Waals surface area contributed by atoms with Gasteiger partial charge in [0, 0.05) is 12.3 Å². The van der Waals surface area contributed by atoms with Crippen molar-refractivity contribution in [1.29, 1.82) is 0 Å². The third-order valence-electron chi connectivity index (χ3n) is 4.39. The van der Waals surface area contributed by atoms with E-state index in [0.717, 1.165) is 16.8 Å². The minimum Gasteiger partial charge on any atom is -0.394 e. The first kappa shape index (κ1) is 19.1. The van der Waals surface area contributed by atoms with Crippen molar-refractivity contribution in [2.24, 2.45) is 0 Å². The molecule has 0 saturated carbocycles. The molecule has 6 N–H and O–H groups in total. The third-order valence-corrected chi connectivity index (χ3v) is 4.39. The predicted octanol–water partition coefficient (Wildman–Crippen LogP) is -4.39. The van der Waals surface area contributed by atoms with Crippen molar-refractivity contribution in [2.75, 3.05) is 13.2 Å². The Morgan fingerprint density at radius 2 is 1.73 bits per heavy atom. The molecule has 1 unspecified atom stereocenters. The van der Waals surface area contributed by atoms with Crippen molar-refractivity contribution in [3.8, 4) is 0 Å². The number of nitrogens with zero attached hydrogens (tertiary/aromatic N) is 1. The average Bonchev–Trinajstić information content (AvgIpc) is 3.04. The van der Waals surface area contributed by atoms with Crippen LogP contribution in [0.3, 0.4) is 0 Å². The molecule has 3 rings (SSSR count). The molecule has 26 heavy (non-hydrogen) atoms. The van der Waals surface area contributed by atoms with Gasteiger partial charge in [0.2, 0.25) is 0 Å². The van der Waals surface area contributed by atoms with E-state index >= 15 is 0 Å². The minimum atomic E-state index is -1.47. The second-order valence-corrected chi connectivity index (χ2v) is 6.10. The molecule has 0 aliphatic carbocycles. The first-order chi connectivity index (χ1) is 12.3. The quantitative estimate of drug-likeness (QED) is 0.293. The summed E-state index contributed by atoms with van der Waals surface area (Å²) in [5.74, 6) is 0. The van der Waals surface area contributed by atoms with E-state index < -0.39 is 67.0 Å². The zero-order valence-corrected chi connectivity index (χ0v) is 13.4. The first-order valence-corrected chi connectivity index (χ1v) is 7.90. The van der Waals surface area contributed by atoms with E-state index in [1.54, 1.807) is 0 Å². The smallest absolute Gasteiger partial charge is 0.330 e. The first-order valence-electron chi connectivity index (χ1n) is 7.90. The number of hydrogen-bond acceptors (Lipinski definition) is 10. The molecule has 2 fully saturated rings. The zero-order chi connectivity index (χ0) is 19.0. The summed E-state index contributed by atoms with van der Waals surface area (Å²) in [7, 11) is 0. The van der Waals surface area contributed by atoms with Gasteiger partial charge in [-0.25, -0.2) is 4.79 Å². The Morgan fingerprint density at radius 1 is 1.04 bits per heavy atom. The molecular formula is C14H20N2O10. The average molecular weight is 376 g/mol. The van der Waals surface area contributed by atoms with Crippen LogP contribution in [0.1, 0.15) is 6.23 Å². The molecule has 12 nitrogen and oxygen atoms in total. The van der Waals surface area contributed by atoms with E-state index in [4.69, 9.17) is 19.3 Å². The Bertz CT molecular complexity index is 735. The van der Waals surface area contributed by atoms with Crippen LogP contribution in [-0.2, 0) is 14.2 Å². The standard InChI is InChI=1S/C14H20N2O10/c17-3-5-8(19)11(22)13(26-5)24-4-6-9(20)10(21)12(25-6)16-2-1-7(18)15-14(16)23/h1-2,5-6,8-13,17,19-22H,3-4H2,(H,15,18,23)/t5-,6-,8-,9-,10-,11+,12-,13?/m1/s1. The Hall–Kier alpha value is -1.64. The maximum absolute atomic E-state index is 11.8. The van der Waals surface area contributed by atoms with Crippen LogP contribution in [0.4, 0.5) is 0 Å². The lowest BCUT2D eigenvalue weighted by atomic mass is 10.1. The number of rotatable bonds is 5. The van der Waals surface area contributed by atoms with E-state index in [2.05, 4.69) is 0 Å². The molecule has 2 aliphatic heterocycles. The molecule has 0 bridgehead atoms. The molecule has 12 heteroatoms. The maximum atomic E-state index is 11.8. The number of aromatic nitrogens is 2. The van der Waals surface area contributed by atoms with Crippen LogP contribution in [-0.4, -0.2) is 91.2 Å². The molecule has 8 atom stereocenters. The maximum Gasteiger partial charge on any atom is 0.330 e. The Labute approximate surface area is 145 Å². The van der Waals surface area contributed by atoms with Crippen LogP contribution in [0.25, 0.3) is 0 Å².